The van der Waals surface area contributed by atoms with Gasteiger partial charge in [0.25, 0.3) is 0 Å². The first kappa shape index (κ1) is 20.9. The van der Waals surface area contributed by atoms with Gasteiger partial charge in [0.15, 0.2) is 5.96 Å². The van der Waals surface area contributed by atoms with Crippen LogP contribution in [0.1, 0.15) is 47.5 Å². The van der Waals surface area contributed by atoms with E-state index in [1.165, 1.54) is 18.6 Å². The summed E-state index contributed by atoms with van der Waals surface area (Å²) >= 11 is 2.01. The molecular weight excluding hydrogens is 324 g/mol. The Morgan fingerprint density at radius 1 is 1.33 bits per heavy atom. The lowest BCUT2D eigenvalue weighted by Gasteiger charge is -2.26. The maximum absolute atomic E-state index is 12.1. The largest absolute Gasteiger partial charge is 0.444 e. The van der Waals surface area contributed by atoms with E-state index in [1.807, 2.05) is 39.5 Å². The van der Waals surface area contributed by atoms with Crippen molar-refractivity contribution < 1.29 is 9.53 Å². The smallest absolute Gasteiger partial charge is 0.410 e. The number of carbonyl (C=O) groups is 1. The van der Waals surface area contributed by atoms with E-state index in [0.717, 1.165) is 19.0 Å². The SMILES string of the molecule is CCNC(=NCC1CCCS1)NCCN(CC)C(=O)OC(C)(C)C. The third-order valence-corrected chi connectivity index (χ3v) is 4.91. The fraction of sp³-hybridized carbons (Fsp3) is 0.882. The number of rotatable bonds is 7. The zero-order chi connectivity index (χ0) is 18.0. The van der Waals surface area contributed by atoms with Gasteiger partial charge < -0.3 is 20.3 Å². The highest BCUT2D eigenvalue weighted by atomic mass is 32.2. The molecule has 1 aliphatic rings. The highest BCUT2D eigenvalue weighted by Crippen LogP contribution is 2.25. The van der Waals surface area contributed by atoms with Crippen molar-refractivity contribution in [2.45, 2.75) is 58.3 Å². The van der Waals surface area contributed by atoms with Gasteiger partial charge in [0.2, 0.25) is 0 Å². The molecule has 0 saturated carbocycles. The molecule has 1 saturated heterocycles. The number of amides is 1. The van der Waals surface area contributed by atoms with E-state index < -0.39 is 5.60 Å². The number of guanidine groups is 1. The molecule has 0 radical (unpaired) electrons. The maximum Gasteiger partial charge on any atom is 0.410 e. The Kier molecular flexibility index (Phi) is 9.33. The first-order valence-corrected chi connectivity index (χ1v) is 10.0. The van der Waals surface area contributed by atoms with Crippen LogP contribution in [-0.2, 0) is 4.74 Å². The quantitative estimate of drug-likeness (QED) is 0.541. The molecule has 1 heterocycles. The Morgan fingerprint density at radius 3 is 2.62 bits per heavy atom. The van der Waals surface area contributed by atoms with Gasteiger partial charge in [0.05, 0.1) is 6.54 Å². The Hall–Kier alpha value is -1.11. The molecular formula is C17H34N4O2S. The Bertz CT molecular complexity index is 404. The number of thioether (sulfide) groups is 1. The van der Waals surface area contributed by atoms with Gasteiger partial charge in [-0.2, -0.15) is 11.8 Å². The molecule has 0 aromatic heterocycles. The van der Waals surface area contributed by atoms with Gasteiger partial charge in [-0.15, -0.1) is 0 Å². The van der Waals surface area contributed by atoms with Crippen molar-refractivity contribution in [1.29, 1.82) is 0 Å². The fourth-order valence-electron chi connectivity index (χ4n) is 2.34. The number of nitrogens with one attached hydrogen (secondary N) is 2. The lowest BCUT2D eigenvalue weighted by molar-refractivity contribution is 0.0264. The minimum absolute atomic E-state index is 0.268. The van der Waals surface area contributed by atoms with Gasteiger partial charge in [-0.1, -0.05) is 0 Å². The third kappa shape index (κ3) is 8.66. The standard InChI is InChI=1S/C17H34N4O2S/c1-6-18-15(20-13-14-9-8-12-24-14)19-10-11-21(7-2)16(22)23-17(3,4)5/h14H,6-13H2,1-5H3,(H2,18,19,20). The van der Waals surface area contributed by atoms with Crippen molar-refractivity contribution in [1.82, 2.24) is 15.5 Å². The van der Waals surface area contributed by atoms with Crippen LogP contribution in [0.5, 0.6) is 0 Å². The van der Waals surface area contributed by atoms with Gasteiger partial charge in [0, 0.05) is 31.4 Å². The molecule has 0 bridgehead atoms. The highest BCUT2D eigenvalue weighted by Gasteiger charge is 2.21. The van der Waals surface area contributed by atoms with Crippen LogP contribution in [0, 0.1) is 0 Å². The predicted octanol–water partition coefficient (Wildman–Crippen LogP) is 2.69. The molecule has 0 spiro atoms. The second kappa shape index (κ2) is 10.7. The minimum Gasteiger partial charge on any atom is -0.444 e. The lowest BCUT2D eigenvalue weighted by Crippen LogP contribution is -2.44. The average molecular weight is 359 g/mol. The van der Waals surface area contributed by atoms with Crippen LogP contribution in [0.15, 0.2) is 4.99 Å². The topological polar surface area (TPSA) is 66.0 Å². The highest BCUT2D eigenvalue weighted by molar-refractivity contribution is 8.00. The number of ether oxygens (including phenoxy) is 1. The predicted molar refractivity (Wildman–Crippen MR) is 103 cm³/mol. The van der Waals surface area contributed by atoms with Gasteiger partial charge >= 0.3 is 6.09 Å². The molecule has 2 N–H and O–H groups in total. The zero-order valence-electron chi connectivity index (χ0n) is 15.9. The molecule has 7 heteroatoms. The molecule has 140 valence electrons. The van der Waals surface area contributed by atoms with E-state index >= 15 is 0 Å². The van der Waals surface area contributed by atoms with Gasteiger partial charge in [-0.25, -0.2) is 4.79 Å². The zero-order valence-corrected chi connectivity index (χ0v) is 16.7. The van der Waals surface area contributed by atoms with Gasteiger partial charge in [0.1, 0.15) is 5.60 Å². The van der Waals surface area contributed by atoms with Crippen molar-refractivity contribution in [2.24, 2.45) is 4.99 Å². The Morgan fingerprint density at radius 2 is 2.08 bits per heavy atom. The van der Waals surface area contributed by atoms with Crippen molar-refractivity contribution in [2.75, 3.05) is 38.5 Å². The van der Waals surface area contributed by atoms with Crippen molar-refractivity contribution >= 4 is 23.8 Å². The second-order valence-corrected chi connectivity index (χ2v) is 8.25. The number of aliphatic imine (C=N–C) groups is 1. The van der Waals surface area contributed by atoms with E-state index in [4.69, 9.17) is 4.74 Å². The molecule has 1 aliphatic heterocycles. The molecule has 1 amide bonds. The molecule has 6 nitrogen and oxygen atoms in total. The molecule has 1 unspecified atom stereocenters. The normalized spacial score (nSPS) is 18.4. The average Bonchev–Trinajstić information content (AvgIpc) is 3.00. The summed E-state index contributed by atoms with van der Waals surface area (Å²) in [7, 11) is 0. The van der Waals surface area contributed by atoms with Crippen LogP contribution in [0.2, 0.25) is 0 Å². The van der Waals surface area contributed by atoms with E-state index in [9.17, 15) is 4.79 Å². The molecule has 0 aliphatic carbocycles. The summed E-state index contributed by atoms with van der Waals surface area (Å²) in [6.45, 7) is 13.2. The van der Waals surface area contributed by atoms with Crippen LogP contribution >= 0.6 is 11.8 Å². The summed E-state index contributed by atoms with van der Waals surface area (Å²) in [6, 6.07) is 0. The van der Waals surface area contributed by atoms with Crippen LogP contribution in [-0.4, -0.2) is 66.3 Å². The number of likely N-dealkylation sites (N-methyl/N-ethyl adjacent to an activating group) is 1. The summed E-state index contributed by atoms with van der Waals surface area (Å²) in [5, 5.41) is 7.22. The maximum atomic E-state index is 12.1. The van der Waals surface area contributed by atoms with E-state index in [2.05, 4.69) is 22.5 Å². The Labute approximate surface area is 151 Å². The summed E-state index contributed by atoms with van der Waals surface area (Å²) in [5.74, 6) is 2.08. The minimum atomic E-state index is -0.465. The van der Waals surface area contributed by atoms with Crippen molar-refractivity contribution in [3.63, 3.8) is 0 Å². The third-order valence-electron chi connectivity index (χ3n) is 3.53. The molecule has 1 fully saturated rings. The fourth-order valence-corrected chi connectivity index (χ4v) is 3.52. The molecule has 24 heavy (non-hydrogen) atoms. The molecule has 1 atom stereocenters. The van der Waals surface area contributed by atoms with Gasteiger partial charge in [-0.05, 0) is 53.2 Å². The molecule has 0 aromatic rings. The van der Waals surface area contributed by atoms with Crippen LogP contribution in [0.3, 0.4) is 0 Å². The van der Waals surface area contributed by atoms with Crippen molar-refractivity contribution in [3.05, 3.63) is 0 Å². The van der Waals surface area contributed by atoms with Crippen LogP contribution < -0.4 is 10.6 Å². The number of hydrogen-bond donors (Lipinski definition) is 2. The van der Waals surface area contributed by atoms with E-state index in [0.29, 0.717) is 24.9 Å². The van der Waals surface area contributed by atoms with E-state index in [-0.39, 0.29) is 6.09 Å². The van der Waals surface area contributed by atoms with Gasteiger partial charge in [-0.3, -0.25) is 4.99 Å². The second-order valence-electron chi connectivity index (χ2n) is 6.84. The number of hydrogen-bond acceptors (Lipinski definition) is 4. The van der Waals surface area contributed by atoms with Crippen LogP contribution in [0.25, 0.3) is 0 Å². The number of carbonyl (C=O) groups excluding carboxylic acids is 1. The summed E-state index contributed by atoms with van der Waals surface area (Å²) in [5.41, 5.74) is -0.465. The Balaban J connectivity index is 2.41. The van der Waals surface area contributed by atoms with Crippen molar-refractivity contribution in [3.8, 4) is 0 Å². The van der Waals surface area contributed by atoms with E-state index in [1.54, 1.807) is 4.90 Å². The molecule has 1 rings (SSSR count). The molecule has 0 aromatic carbocycles. The first-order valence-electron chi connectivity index (χ1n) is 8.97. The summed E-state index contributed by atoms with van der Waals surface area (Å²) in [6.07, 6.45) is 2.29. The number of nitrogens with zero attached hydrogens (tertiary/aromatic N) is 2. The summed E-state index contributed by atoms with van der Waals surface area (Å²) < 4.78 is 5.42. The van der Waals surface area contributed by atoms with Crippen LogP contribution in [0.4, 0.5) is 4.79 Å². The monoisotopic (exact) mass is 358 g/mol. The lowest BCUT2D eigenvalue weighted by atomic mass is 10.2. The first-order chi connectivity index (χ1) is 11.4. The summed E-state index contributed by atoms with van der Waals surface area (Å²) in [4.78, 5) is 18.5.